The number of hydrogen-bond acceptors (Lipinski definition) is 1. The Bertz CT molecular complexity index is 2530. The Hall–Kier alpha value is -6.18. The first kappa shape index (κ1) is 28.8. The summed E-state index contributed by atoms with van der Waals surface area (Å²) in [5, 5.41) is 2.54. The van der Waals surface area contributed by atoms with E-state index in [-0.39, 0.29) is 5.41 Å². The second kappa shape index (κ2) is 10.9. The van der Waals surface area contributed by atoms with E-state index in [0.29, 0.717) is 0 Å². The van der Waals surface area contributed by atoms with Crippen molar-refractivity contribution in [3.63, 3.8) is 0 Å². The Labute approximate surface area is 293 Å². The summed E-state index contributed by atoms with van der Waals surface area (Å²) < 4.78 is 6.73. The molecule has 1 atom stereocenters. The van der Waals surface area contributed by atoms with Crippen LogP contribution in [0.4, 0.5) is 0 Å². The van der Waals surface area contributed by atoms with E-state index < -0.39 is 5.41 Å². The number of benzene rings is 8. The van der Waals surface area contributed by atoms with E-state index in [1.54, 1.807) is 0 Å². The molecule has 1 nitrogen and oxygen atoms in total. The number of ether oxygens (including phenoxy) is 1. The summed E-state index contributed by atoms with van der Waals surface area (Å²) in [6.45, 7) is 2.33. The van der Waals surface area contributed by atoms with Crippen molar-refractivity contribution in [3.05, 3.63) is 227 Å². The van der Waals surface area contributed by atoms with Crippen LogP contribution >= 0.6 is 0 Å². The lowest BCUT2D eigenvalue weighted by atomic mass is 9.66. The summed E-state index contributed by atoms with van der Waals surface area (Å²) in [6, 6.07) is 68.8. The molecular weight excluding hydrogens is 605 g/mol. The van der Waals surface area contributed by atoms with Gasteiger partial charge in [-0.3, -0.25) is 0 Å². The van der Waals surface area contributed by atoms with Gasteiger partial charge in [0.2, 0.25) is 0 Å². The van der Waals surface area contributed by atoms with Crippen LogP contribution in [0.3, 0.4) is 0 Å². The van der Waals surface area contributed by atoms with Gasteiger partial charge in [-0.05, 0) is 86.0 Å². The molecule has 8 aromatic rings. The Balaban J connectivity index is 1.22. The molecule has 1 heteroatoms. The van der Waals surface area contributed by atoms with Crippen LogP contribution < -0.4 is 4.74 Å². The van der Waals surface area contributed by atoms with Crippen LogP contribution in [0, 0.1) is 0 Å². The second-order valence-electron chi connectivity index (χ2n) is 13.8. The monoisotopic (exact) mass is 638 g/mol. The zero-order valence-electron chi connectivity index (χ0n) is 27.8. The smallest absolute Gasteiger partial charge is 0.132 e. The molecule has 1 aliphatic heterocycles. The molecule has 0 N–H and O–H groups in total. The standard InChI is InChI=1S/C49H34O/c1-48(36-16-5-2-6-17-36)42-23-13-14-24-45(42)50-46-32-35(27-30-43(46)48)34-26-28-40-41-29-25-33-15-11-12-22-39(33)47(41)49(44(40)31-34,37-18-7-3-8-19-37)38-20-9-4-10-21-38/h2-32H,1H3. The lowest BCUT2D eigenvalue weighted by Gasteiger charge is -2.38. The third-order valence-electron chi connectivity index (χ3n) is 11.3. The summed E-state index contributed by atoms with van der Waals surface area (Å²) in [6.07, 6.45) is 0. The molecule has 0 amide bonds. The highest BCUT2D eigenvalue weighted by Gasteiger charge is 2.47. The fourth-order valence-corrected chi connectivity index (χ4v) is 8.96. The molecule has 1 heterocycles. The van der Waals surface area contributed by atoms with E-state index in [1.165, 1.54) is 66.4 Å². The van der Waals surface area contributed by atoms with Crippen LogP contribution in [-0.4, -0.2) is 0 Å². The average Bonchev–Trinajstić information content (AvgIpc) is 3.50. The van der Waals surface area contributed by atoms with Crippen molar-refractivity contribution in [3.8, 4) is 33.8 Å². The quantitative estimate of drug-likeness (QED) is 0.186. The highest BCUT2D eigenvalue weighted by Crippen LogP contribution is 2.59. The van der Waals surface area contributed by atoms with Crippen LogP contribution in [-0.2, 0) is 10.8 Å². The highest BCUT2D eigenvalue weighted by molar-refractivity contribution is 6.00. The molecule has 1 aliphatic carbocycles. The number of hydrogen-bond donors (Lipinski definition) is 0. The van der Waals surface area contributed by atoms with Gasteiger partial charge in [0.25, 0.3) is 0 Å². The van der Waals surface area contributed by atoms with E-state index in [1.807, 2.05) is 0 Å². The number of fused-ring (bicyclic) bond motifs is 7. The van der Waals surface area contributed by atoms with Crippen LogP contribution in [0.15, 0.2) is 188 Å². The normalized spacial score (nSPS) is 16.5. The molecule has 8 aromatic carbocycles. The van der Waals surface area contributed by atoms with Gasteiger partial charge in [-0.25, -0.2) is 0 Å². The zero-order valence-corrected chi connectivity index (χ0v) is 27.8. The highest BCUT2D eigenvalue weighted by atomic mass is 16.5. The lowest BCUT2D eigenvalue weighted by Crippen LogP contribution is -2.29. The molecule has 0 saturated heterocycles. The molecular formula is C49H34O. The van der Waals surface area contributed by atoms with Crippen molar-refractivity contribution < 1.29 is 4.74 Å². The van der Waals surface area contributed by atoms with Gasteiger partial charge in [-0.2, -0.15) is 0 Å². The second-order valence-corrected chi connectivity index (χ2v) is 13.8. The number of para-hydroxylation sites is 1. The fourth-order valence-electron chi connectivity index (χ4n) is 8.96. The third kappa shape index (κ3) is 3.95. The minimum atomic E-state index is -0.500. The summed E-state index contributed by atoms with van der Waals surface area (Å²) >= 11 is 0. The molecule has 0 spiro atoms. The van der Waals surface area contributed by atoms with Gasteiger partial charge in [-0.15, -0.1) is 0 Å². The van der Waals surface area contributed by atoms with Crippen molar-refractivity contribution >= 4 is 10.8 Å². The molecule has 10 rings (SSSR count). The van der Waals surface area contributed by atoms with Crippen LogP contribution in [0.5, 0.6) is 11.5 Å². The molecule has 0 bridgehead atoms. The minimum Gasteiger partial charge on any atom is -0.457 e. The predicted molar refractivity (Wildman–Crippen MR) is 205 cm³/mol. The van der Waals surface area contributed by atoms with Gasteiger partial charge in [0.15, 0.2) is 0 Å². The van der Waals surface area contributed by atoms with Gasteiger partial charge in [0.05, 0.1) is 5.41 Å². The zero-order chi connectivity index (χ0) is 33.3. The van der Waals surface area contributed by atoms with Crippen molar-refractivity contribution in [2.24, 2.45) is 0 Å². The summed E-state index contributed by atoms with van der Waals surface area (Å²) in [5.41, 5.74) is 12.8. The molecule has 2 aliphatic rings. The molecule has 1 unspecified atom stereocenters. The van der Waals surface area contributed by atoms with E-state index in [2.05, 4.69) is 195 Å². The van der Waals surface area contributed by atoms with E-state index in [0.717, 1.165) is 17.1 Å². The number of rotatable bonds is 4. The Morgan fingerprint density at radius 3 is 1.70 bits per heavy atom. The van der Waals surface area contributed by atoms with Crippen LogP contribution in [0.25, 0.3) is 33.0 Å². The van der Waals surface area contributed by atoms with Gasteiger partial charge in [0.1, 0.15) is 11.5 Å². The first-order valence-electron chi connectivity index (χ1n) is 17.4. The Kier molecular flexibility index (Phi) is 6.29. The lowest BCUT2D eigenvalue weighted by molar-refractivity contribution is 0.427. The minimum absolute atomic E-state index is 0.347. The summed E-state index contributed by atoms with van der Waals surface area (Å²) in [5.74, 6) is 1.81. The first-order chi connectivity index (χ1) is 24.7. The fraction of sp³-hybridized carbons (Fsp3) is 0.0612. The van der Waals surface area contributed by atoms with Crippen LogP contribution in [0.2, 0.25) is 0 Å². The Morgan fingerprint density at radius 2 is 0.960 bits per heavy atom. The maximum absolute atomic E-state index is 6.73. The van der Waals surface area contributed by atoms with Gasteiger partial charge in [-0.1, -0.05) is 170 Å². The average molecular weight is 639 g/mol. The van der Waals surface area contributed by atoms with Crippen molar-refractivity contribution in [2.45, 2.75) is 17.8 Å². The van der Waals surface area contributed by atoms with Crippen LogP contribution in [0.1, 0.15) is 45.9 Å². The molecule has 0 saturated carbocycles. The van der Waals surface area contributed by atoms with E-state index >= 15 is 0 Å². The largest absolute Gasteiger partial charge is 0.457 e. The van der Waals surface area contributed by atoms with Crippen molar-refractivity contribution in [1.82, 2.24) is 0 Å². The van der Waals surface area contributed by atoms with Gasteiger partial charge in [0, 0.05) is 16.5 Å². The molecule has 236 valence electrons. The van der Waals surface area contributed by atoms with Crippen molar-refractivity contribution in [1.29, 1.82) is 0 Å². The summed E-state index contributed by atoms with van der Waals surface area (Å²) in [7, 11) is 0. The van der Waals surface area contributed by atoms with E-state index in [9.17, 15) is 0 Å². The molecule has 0 radical (unpaired) electrons. The van der Waals surface area contributed by atoms with Gasteiger partial charge < -0.3 is 4.74 Å². The molecule has 50 heavy (non-hydrogen) atoms. The SMILES string of the molecule is CC1(c2ccccc2)c2ccccc2Oc2cc(-c3ccc4c(c3)C(c3ccccc3)(c3ccccc3)c3c-4ccc4ccccc34)ccc21. The van der Waals surface area contributed by atoms with E-state index in [4.69, 9.17) is 4.74 Å². The predicted octanol–water partition coefficient (Wildman–Crippen LogP) is 12.3. The topological polar surface area (TPSA) is 9.23 Å². The molecule has 0 fully saturated rings. The maximum Gasteiger partial charge on any atom is 0.132 e. The Morgan fingerprint density at radius 1 is 0.400 bits per heavy atom. The van der Waals surface area contributed by atoms with Gasteiger partial charge >= 0.3 is 0 Å². The summed E-state index contributed by atoms with van der Waals surface area (Å²) in [4.78, 5) is 0. The molecule has 0 aromatic heterocycles. The first-order valence-corrected chi connectivity index (χ1v) is 17.4. The maximum atomic E-state index is 6.73. The van der Waals surface area contributed by atoms with Crippen molar-refractivity contribution in [2.75, 3.05) is 0 Å². The third-order valence-corrected chi connectivity index (χ3v) is 11.3.